The molecule has 21 heavy (non-hydrogen) atoms. The first-order valence-electron chi connectivity index (χ1n) is 7.31. The summed E-state index contributed by atoms with van der Waals surface area (Å²) < 4.78 is 5.78. The van der Waals surface area contributed by atoms with Crippen LogP contribution in [0.4, 0.5) is 0 Å². The molecule has 1 aliphatic rings. The molecule has 3 heteroatoms. The van der Waals surface area contributed by atoms with E-state index in [0.717, 1.165) is 31.7 Å². The number of para-hydroxylation sites is 1. The van der Waals surface area contributed by atoms with E-state index in [9.17, 15) is 0 Å². The molecule has 0 fully saturated rings. The molecule has 2 aromatic rings. The minimum atomic E-state index is 0.319. The average Bonchev–Trinajstić information content (AvgIpc) is 2.76. The molecule has 1 N–H and O–H groups in total. The summed E-state index contributed by atoms with van der Waals surface area (Å²) in [6, 6.07) is 18.4. The molecule has 0 saturated carbocycles. The Labute approximate surface area is 125 Å². The summed E-state index contributed by atoms with van der Waals surface area (Å²) in [6.07, 6.45) is 2.13. The molecular weight excluding hydrogens is 260 g/mol. The van der Waals surface area contributed by atoms with Crippen molar-refractivity contribution >= 4 is 0 Å². The van der Waals surface area contributed by atoms with Gasteiger partial charge < -0.3 is 10.1 Å². The Kier molecular flexibility index (Phi) is 4.18. The number of hydrogen-bond donors (Lipinski definition) is 1. The molecule has 3 rings (SSSR count). The number of nitrogens with one attached hydrogen (secondary N) is 1. The molecule has 0 saturated heterocycles. The highest BCUT2D eigenvalue weighted by atomic mass is 16.5. The van der Waals surface area contributed by atoms with Gasteiger partial charge in [-0.15, -0.1) is 0 Å². The molecule has 0 spiro atoms. The molecule has 0 radical (unpaired) electrons. The number of nitriles is 1. The van der Waals surface area contributed by atoms with Crippen LogP contribution < -0.4 is 10.1 Å². The van der Waals surface area contributed by atoms with Gasteiger partial charge in [-0.1, -0.05) is 30.3 Å². The number of ether oxygens (including phenoxy) is 1. The highest BCUT2D eigenvalue weighted by molar-refractivity contribution is 5.37. The summed E-state index contributed by atoms with van der Waals surface area (Å²) >= 11 is 0. The Balaban J connectivity index is 1.71. The fourth-order valence-electron chi connectivity index (χ4n) is 2.68. The summed E-state index contributed by atoms with van der Waals surface area (Å²) in [4.78, 5) is 0. The fourth-order valence-corrected chi connectivity index (χ4v) is 2.68. The number of benzene rings is 2. The van der Waals surface area contributed by atoms with E-state index in [0.29, 0.717) is 11.6 Å². The molecule has 0 amide bonds. The lowest BCUT2D eigenvalue weighted by Gasteiger charge is -2.18. The van der Waals surface area contributed by atoms with Gasteiger partial charge in [0, 0.05) is 18.2 Å². The van der Waals surface area contributed by atoms with Crippen molar-refractivity contribution in [2.45, 2.75) is 25.4 Å². The second kappa shape index (κ2) is 6.43. The van der Waals surface area contributed by atoms with Crippen LogP contribution in [0, 0.1) is 11.3 Å². The average molecular weight is 278 g/mol. The zero-order valence-corrected chi connectivity index (χ0v) is 11.9. The summed E-state index contributed by atoms with van der Waals surface area (Å²) in [7, 11) is 0. The maximum Gasteiger partial charge on any atom is 0.124 e. The second-order valence-electron chi connectivity index (χ2n) is 5.27. The lowest BCUT2D eigenvalue weighted by molar-refractivity contribution is 0.315. The van der Waals surface area contributed by atoms with Crippen LogP contribution in [-0.2, 0) is 6.54 Å². The Morgan fingerprint density at radius 2 is 1.95 bits per heavy atom. The summed E-state index contributed by atoms with van der Waals surface area (Å²) in [6.45, 7) is 1.58. The van der Waals surface area contributed by atoms with Crippen molar-refractivity contribution in [1.82, 2.24) is 5.32 Å². The minimum absolute atomic E-state index is 0.319. The molecule has 0 aromatic heterocycles. The lowest BCUT2D eigenvalue weighted by Crippen LogP contribution is -2.20. The van der Waals surface area contributed by atoms with Crippen LogP contribution >= 0.6 is 0 Å². The van der Waals surface area contributed by atoms with Gasteiger partial charge in [0.1, 0.15) is 5.75 Å². The number of rotatable bonds is 3. The molecule has 1 atom stereocenters. The van der Waals surface area contributed by atoms with E-state index in [1.165, 1.54) is 11.1 Å². The third-order valence-electron chi connectivity index (χ3n) is 3.82. The van der Waals surface area contributed by atoms with Crippen molar-refractivity contribution in [2.24, 2.45) is 0 Å². The summed E-state index contributed by atoms with van der Waals surface area (Å²) in [5.74, 6) is 0.993. The number of fused-ring (bicyclic) bond motifs is 1. The zero-order chi connectivity index (χ0) is 14.5. The SMILES string of the molecule is N#Cc1ccc(CNC2CCCOc3ccccc32)cc1. The van der Waals surface area contributed by atoms with Gasteiger partial charge >= 0.3 is 0 Å². The molecule has 0 aliphatic carbocycles. The van der Waals surface area contributed by atoms with Gasteiger partial charge in [-0.25, -0.2) is 0 Å². The first-order valence-corrected chi connectivity index (χ1v) is 7.31. The van der Waals surface area contributed by atoms with E-state index in [4.69, 9.17) is 10.00 Å². The smallest absolute Gasteiger partial charge is 0.124 e. The minimum Gasteiger partial charge on any atom is -0.493 e. The van der Waals surface area contributed by atoms with Gasteiger partial charge in [0.15, 0.2) is 0 Å². The standard InChI is InChI=1S/C18H18N2O/c19-12-14-7-9-15(10-8-14)13-20-17-5-3-11-21-18-6-2-1-4-16(17)18/h1-2,4,6-10,17,20H,3,5,11,13H2. The molecule has 106 valence electrons. The normalized spacial score (nSPS) is 17.2. The topological polar surface area (TPSA) is 45.0 Å². The van der Waals surface area contributed by atoms with E-state index in [1.807, 2.05) is 36.4 Å². The van der Waals surface area contributed by atoms with Gasteiger partial charge in [-0.05, 0) is 36.6 Å². The van der Waals surface area contributed by atoms with E-state index in [2.05, 4.69) is 23.5 Å². The van der Waals surface area contributed by atoms with Gasteiger partial charge in [-0.3, -0.25) is 0 Å². The predicted octanol–water partition coefficient (Wildman–Crippen LogP) is 3.56. The Bertz CT molecular complexity index is 643. The van der Waals surface area contributed by atoms with E-state index in [1.54, 1.807) is 0 Å². The summed E-state index contributed by atoms with van der Waals surface area (Å²) in [5.41, 5.74) is 3.13. The van der Waals surface area contributed by atoms with Crippen LogP contribution in [0.5, 0.6) is 5.75 Å². The van der Waals surface area contributed by atoms with Crippen LogP contribution in [0.15, 0.2) is 48.5 Å². The fraction of sp³-hybridized carbons (Fsp3) is 0.278. The van der Waals surface area contributed by atoms with Gasteiger partial charge in [-0.2, -0.15) is 5.26 Å². The molecular formula is C18H18N2O. The summed E-state index contributed by atoms with van der Waals surface area (Å²) in [5, 5.41) is 12.4. The Hall–Kier alpha value is -2.31. The molecule has 1 unspecified atom stereocenters. The highest BCUT2D eigenvalue weighted by Crippen LogP contribution is 2.31. The van der Waals surface area contributed by atoms with Crippen LogP contribution in [0.1, 0.15) is 35.6 Å². The van der Waals surface area contributed by atoms with Gasteiger partial charge in [0.05, 0.1) is 18.2 Å². The van der Waals surface area contributed by atoms with Crippen molar-refractivity contribution in [3.05, 3.63) is 65.2 Å². The molecule has 2 aromatic carbocycles. The first-order chi connectivity index (χ1) is 10.4. The molecule has 1 heterocycles. The van der Waals surface area contributed by atoms with Crippen molar-refractivity contribution in [3.8, 4) is 11.8 Å². The quantitative estimate of drug-likeness (QED) is 0.933. The maximum absolute atomic E-state index is 8.82. The van der Waals surface area contributed by atoms with Crippen molar-refractivity contribution < 1.29 is 4.74 Å². The largest absolute Gasteiger partial charge is 0.493 e. The van der Waals surface area contributed by atoms with Crippen molar-refractivity contribution in [3.63, 3.8) is 0 Å². The molecule has 0 bridgehead atoms. The third-order valence-corrected chi connectivity index (χ3v) is 3.82. The maximum atomic E-state index is 8.82. The van der Waals surface area contributed by atoms with Crippen LogP contribution in [0.2, 0.25) is 0 Å². The van der Waals surface area contributed by atoms with Crippen molar-refractivity contribution in [1.29, 1.82) is 5.26 Å². The van der Waals surface area contributed by atoms with Crippen LogP contribution in [-0.4, -0.2) is 6.61 Å². The number of hydrogen-bond acceptors (Lipinski definition) is 3. The van der Waals surface area contributed by atoms with E-state index in [-0.39, 0.29) is 0 Å². The first kappa shape index (κ1) is 13.7. The third kappa shape index (κ3) is 3.24. The van der Waals surface area contributed by atoms with Crippen LogP contribution in [0.25, 0.3) is 0 Å². The lowest BCUT2D eigenvalue weighted by atomic mass is 10.0. The van der Waals surface area contributed by atoms with Gasteiger partial charge in [0.25, 0.3) is 0 Å². The molecule has 3 nitrogen and oxygen atoms in total. The Morgan fingerprint density at radius 3 is 2.76 bits per heavy atom. The van der Waals surface area contributed by atoms with Crippen molar-refractivity contribution in [2.75, 3.05) is 6.61 Å². The highest BCUT2D eigenvalue weighted by Gasteiger charge is 2.18. The number of nitrogens with zero attached hydrogens (tertiary/aromatic N) is 1. The van der Waals surface area contributed by atoms with Crippen LogP contribution in [0.3, 0.4) is 0 Å². The monoisotopic (exact) mass is 278 g/mol. The zero-order valence-electron chi connectivity index (χ0n) is 11.9. The van der Waals surface area contributed by atoms with Gasteiger partial charge in [0.2, 0.25) is 0 Å². The van der Waals surface area contributed by atoms with E-state index >= 15 is 0 Å². The predicted molar refractivity (Wildman–Crippen MR) is 81.9 cm³/mol. The second-order valence-corrected chi connectivity index (χ2v) is 5.27. The molecule has 1 aliphatic heterocycles. The van der Waals surface area contributed by atoms with E-state index < -0.39 is 0 Å². The Morgan fingerprint density at radius 1 is 1.14 bits per heavy atom.